The number of carbonyl (C=O) groups is 1. The molecule has 1 N–H and O–H groups in total. The monoisotopic (exact) mass is 200 g/mol. The third-order valence-electron chi connectivity index (χ3n) is 1.89. The van der Waals surface area contributed by atoms with Crippen molar-refractivity contribution in [1.82, 2.24) is 4.98 Å². The molecule has 0 spiro atoms. The van der Waals surface area contributed by atoms with Gasteiger partial charge < -0.3 is 0 Å². The molecule has 0 aliphatic rings. The molecule has 1 amide bonds. The van der Waals surface area contributed by atoms with Gasteiger partial charge in [0.2, 0.25) is 12.4 Å². The molecule has 74 valence electrons. The minimum atomic E-state index is -0.146. The van der Waals surface area contributed by atoms with Gasteiger partial charge in [0.15, 0.2) is 0 Å². The van der Waals surface area contributed by atoms with E-state index in [1.165, 1.54) is 0 Å². The largest absolute Gasteiger partial charge is 0.305 e. The molecular weight excluding hydrogens is 190 g/mol. The Morgan fingerprint density at radius 3 is 2.47 bits per heavy atom. The van der Waals surface area contributed by atoms with Gasteiger partial charge in [0.25, 0.3) is 0 Å². The number of benzene rings is 1. The van der Waals surface area contributed by atoms with Crippen molar-refractivity contribution in [2.45, 2.75) is 0 Å². The van der Waals surface area contributed by atoms with Crippen LogP contribution < -0.4 is 10.1 Å². The second-order valence-electron chi connectivity index (χ2n) is 2.96. The molecule has 15 heavy (non-hydrogen) atoms. The van der Waals surface area contributed by atoms with Crippen LogP contribution in [-0.2, 0) is 0 Å². The van der Waals surface area contributed by atoms with Crippen LogP contribution in [-0.4, -0.2) is 10.9 Å². The van der Waals surface area contributed by atoms with E-state index in [9.17, 15) is 4.79 Å². The molecule has 0 atom stereocenters. The van der Waals surface area contributed by atoms with Gasteiger partial charge in [-0.25, -0.2) is 0 Å². The van der Waals surface area contributed by atoms with Crippen molar-refractivity contribution in [2.24, 2.45) is 0 Å². The highest BCUT2D eigenvalue weighted by Crippen LogP contribution is 1.97. The van der Waals surface area contributed by atoms with Gasteiger partial charge in [-0.3, -0.25) is 9.78 Å². The summed E-state index contributed by atoms with van der Waals surface area (Å²) in [6, 6.07) is 9.04. The average molecular weight is 200 g/mol. The molecule has 4 nitrogen and oxygen atoms in total. The fourth-order valence-electron chi connectivity index (χ4n) is 1.17. The fraction of sp³-hybridized carbons (Fsp3) is 0. The van der Waals surface area contributed by atoms with E-state index in [0.717, 1.165) is 0 Å². The number of nitrogens with one attached hydrogen (secondary N) is 1. The predicted octanol–water partition coefficient (Wildman–Crippen LogP) is 0.753. The van der Waals surface area contributed by atoms with Crippen LogP contribution in [0.25, 0.3) is 0 Å². The molecule has 0 fully saturated rings. The van der Waals surface area contributed by atoms with Crippen molar-refractivity contribution in [3.05, 3.63) is 60.7 Å². The molecule has 0 saturated heterocycles. The van der Waals surface area contributed by atoms with E-state index in [1.54, 1.807) is 41.6 Å². The van der Waals surface area contributed by atoms with Crippen LogP contribution in [0.5, 0.6) is 0 Å². The molecule has 0 saturated carbocycles. The van der Waals surface area contributed by atoms with Gasteiger partial charge in [-0.15, -0.1) is 5.43 Å². The number of carbonyl (C=O) groups excluding carboxylic acids is 1. The van der Waals surface area contributed by atoms with Gasteiger partial charge in [-0.05, 0) is 12.1 Å². The summed E-state index contributed by atoms with van der Waals surface area (Å²) in [4.78, 5) is 15.5. The topological polar surface area (TPSA) is 45.9 Å². The molecule has 0 aliphatic heterocycles. The number of hydrogen-bond acceptors (Lipinski definition) is 2. The predicted molar refractivity (Wildman–Crippen MR) is 54.6 cm³/mol. The lowest BCUT2D eigenvalue weighted by Crippen LogP contribution is -2.47. The van der Waals surface area contributed by atoms with E-state index < -0.39 is 0 Å². The third kappa shape index (κ3) is 2.37. The van der Waals surface area contributed by atoms with Gasteiger partial charge in [0.05, 0.1) is 12.4 Å². The molecule has 4 heteroatoms. The Kier molecular flexibility index (Phi) is 2.69. The average Bonchev–Trinajstić information content (AvgIpc) is 2.31. The summed E-state index contributed by atoms with van der Waals surface area (Å²) in [5.41, 5.74) is 3.32. The molecule has 1 aromatic carbocycles. The maximum atomic E-state index is 11.7. The second-order valence-corrected chi connectivity index (χ2v) is 2.96. The molecule has 0 bridgehead atoms. The first kappa shape index (κ1) is 9.33. The van der Waals surface area contributed by atoms with E-state index in [0.29, 0.717) is 5.56 Å². The molecule has 0 radical (unpaired) electrons. The van der Waals surface area contributed by atoms with Crippen LogP contribution in [0, 0.1) is 0 Å². The number of amides is 1. The van der Waals surface area contributed by atoms with E-state index in [4.69, 9.17) is 0 Å². The van der Waals surface area contributed by atoms with Gasteiger partial charge >= 0.3 is 5.91 Å². The lowest BCUT2D eigenvalue weighted by atomic mass is 10.2. The Morgan fingerprint density at radius 2 is 1.80 bits per heavy atom. The van der Waals surface area contributed by atoms with Crippen LogP contribution in [0.1, 0.15) is 10.4 Å². The lowest BCUT2D eigenvalue weighted by Gasteiger charge is -1.98. The number of aromatic nitrogens is 2. The highest BCUT2D eigenvalue weighted by atomic mass is 16.2. The molecule has 2 aromatic rings. The van der Waals surface area contributed by atoms with Crippen molar-refractivity contribution in [3.8, 4) is 0 Å². The van der Waals surface area contributed by atoms with E-state index in [-0.39, 0.29) is 5.91 Å². The number of rotatable bonds is 2. The van der Waals surface area contributed by atoms with Gasteiger partial charge in [-0.2, -0.15) is 0 Å². The van der Waals surface area contributed by atoms with Crippen molar-refractivity contribution in [2.75, 3.05) is 5.43 Å². The van der Waals surface area contributed by atoms with Crippen molar-refractivity contribution < 1.29 is 9.47 Å². The van der Waals surface area contributed by atoms with Crippen LogP contribution in [0.4, 0.5) is 0 Å². The van der Waals surface area contributed by atoms with Gasteiger partial charge in [0.1, 0.15) is 0 Å². The zero-order valence-electron chi connectivity index (χ0n) is 8.00. The van der Waals surface area contributed by atoms with E-state index in [1.807, 2.05) is 18.2 Å². The quantitative estimate of drug-likeness (QED) is 0.727. The minimum Gasteiger partial charge on any atom is -0.264 e. The van der Waals surface area contributed by atoms with Gasteiger partial charge in [-0.1, -0.05) is 22.9 Å². The molecule has 0 unspecified atom stereocenters. The summed E-state index contributed by atoms with van der Waals surface area (Å²) in [6.45, 7) is 0. The standard InChI is InChI=1S/C11H9N3O/c15-11(10-4-2-1-3-5-10)13-14-8-6-12-7-9-14/h1-9H/p+1. The highest BCUT2D eigenvalue weighted by Gasteiger charge is 2.08. The summed E-state index contributed by atoms with van der Waals surface area (Å²) in [7, 11) is 0. The lowest BCUT2D eigenvalue weighted by molar-refractivity contribution is -0.641. The Hall–Kier alpha value is -2.23. The Labute approximate surface area is 87.2 Å². The molecule has 0 aliphatic carbocycles. The van der Waals surface area contributed by atoms with Crippen molar-refractivity contribution >= 4 is 5.91 Å². The minimum absolute atomic E-state index is 0.146. The normalized spacial score (nSPS) is 9.60. The first-order chi connectivity index (χ1) is 7.36. The Morgan fingerprint density at radius 1 is 1.13 bits per heavy atom. The number of nitrogens with zero attached hydrogens (tertiary/aromatic N) is 2. The third-order valence-corrected chi connectivity index (χ3v) is 1.89. The van der Waals surface area contributed by atoms with Crippen LogP contribution >= 0.6 is 0 Å². The van der Waals surface area contributed by atoms with Crippen LogP contribution in [0.2, 0.25) is 0 Å². The second kappa shape index (κ2) is 4.32. The van der Waals surface area contributed by atoms with E-state index >= 15 is 0 Å². The molecule has 2 rings (SSSR count). The summed E-state index contributed by atoms with van der Waals surface area (Å²) in [5, 5.41) is 0. The summed E-state index contributed by atoms with van der Waals surface area (Å²) < 4.78 is 1.56. The van der Waals surface area contributed by atoms with Crippen molar-refractivity contribution in [3.63, 3.8) is 0 Å². The smallest absolute Gasteiger partial charge is 0.264 e. The summed E-state index contributed by atoms with van der Waals surface area (Å²) in [5.74, 6) is -0.146. The SMILES string of the molecule is O=C(N[n+]1ccncc1)c1ccccc1. The Bertz CT molecular complexity index is 442. The summed E-state index contributed by atoms with van der Waals surface area (Å²) >= 11 is 0. The fourth-order valence-corrected chi connectivity index (χ4v) is 1.17. The highest BCUT2D eigenvalue weighted by molar-refractivity contribution is 5.98. The summed E-state index contributed by atoms with van der Waals surface area (Å²) in [6.07, 6.45) is 6.54. The molecule has 1 aromatic heterocycles. The van der Waals surface area contributed by atoms with Gasteiger partial charge in [0, 0.05) is 5.56 Å². The Balaban J connectivity index is 2.12. The number of hydrogen-bond donors (Lipinski definition) is 1. The first-order valence-corrected chi connectivity index (χ1v) is 4.54. The van der Waals surface area contributed by atoms with Crippen LogP contribution in [0.3, 0.4) is 0 Å². The molecule has 1 heterocycles. The van der Waals surface area contributed by atoms with E-state index in [2.05, 4.69) is 10.4 Å². The van der Waals surface area contributed by atoms with Crippen LogP contribution in [0.15, 0.2) is 55.1 Å². The maximum absolute atomic E-state index is 11.7. The van der Waals surface area contributed by atoms with Crippen molar-refractivity contribution in [1.29, 1.82) is 0 Å². The maximum Gasteiger partial charge on any atom is 0.305 e. The first-order valence-electron chi connectivity index (χ1n) is 4.54. The molecular formula is C11H10N3O+. The zero-order chi connectivity index (χ0) is 10.5. The zero-order valence-corrected chi connectivity index (χ0v) is 8.00.